The van der Waals surface area contributed by atoms with Gasteiger partial charge in [-0.05, 0) is 16.3 Å². The maximum Gasteiger partial charge on any atom is 0.224 e. The molecule has 1 amide bonds. The molecule has 0 bridgehead atoms. The lowest BCUT2D eigenvalue weighted by atomic mass is 10.0. The Morgan fingerprint density at radius 3 is 2.96 bits per heavy atom. The first-order valence-corrected chi connectivity index (χ1v) is 8.25. The van der Waals surface area contributed by atoms with Crippen molar-refractivity contribution in [3.8, 4) is 0 Å². The van der Waals surface area contributed by atoms with Crippen molar-refractivity contribution in [3.63, 3.8) is 0 Å². The van der Waals surface area contributed by atoms with E-state index in [0.29, 0.717) is 19.5 Å². The first-order valence-electron chi connectivity index (χ1n) is 8.25. The Hall–Kier alpha value is -2.66. The van der Waals surface area contributed by atoms with Crippen molar-refractivity contribution in [2.75, 3.05) is 6.54 Å². The molecule has 1 aliphatic rings. The van der Waals surface area contributed by atoms with Crippen LogP contribution in [0.2, 0.25) is 0 Å². The Balaban J connectivity index is 1.44. The number of imidazole rings is 1. The Morgan fingerprint density at radius 2 is 2.08 bits per heavy atom. The summed E-state index contributed by atoms with van der Waals surface area (Å²) in [5.41, 5.74) is 1.20. The number of H-pyrrole nitrogens is 1. The van der Waals surface area contributed by atoms with Gasteiger partial charge >= 0.3 is 0 Å². The minimum atomic E-state index is 0.178. The predicted molar refractivity (Wildman–Crippen MR) is 93.2 cm³/mol. The first kappa shape index (κ1) is 14.9. The number of likely N-dealkylation sites (tertiary alicyclic amines) is 1. The van der Waals surface area contributed by atoms with Crippen molar-refractivity contribution >= 4 is 16.7 Å². The molecule has 4 rings (SSSR count). The molecule has 24 heavy (non-hydrogen) atoms. The highest BCUT2D eigenvalue weighted by molar-refractivity contribution is 5.86. The van der Waals surface area contributed by atoms with E-state index in [-0.39, 0.29) is 11.9 Å². The van der Waals surface area contributed by atoms with Gasteiger partial charge in [0.05, 0.1) is 6.54 Å². The van der Waals surface area contributed by atoms with Gasteiger partial charge in [-0.2, -0.15) is 0 Å². The third kappa shape index (κ3) is 3.03. The van der Waals surface area contributed by atoms with Gasteiger partial charge in [-0.1, -0.05) is 42.5 Å². The van der Waals surface area contributed by atoms with Gasteiger partial charge in [0.2, 0.25) is 5.91 Å². The maximum absolute atomic E-state index is 12.3. The number of benzene rings is 2. The first-order chi connectivity index (χ1) is 11.8. The molecule has 0 aliphatic carbocycles. The number of aromatic nitrogens is 2. The Bertz CT molecular complexity index is 838. The number of carbonyl (C=O) groups is 1. The summed E-state index contributed by atoms with van der Waals surface area (Å²) in [6.07, 6.45) is 4.10. The second-order valence-electron chi connectivity index (χ2n) is 6.23. The van der Waals surface area contributed by atoms with Crippen molar-refractivity contribution in [2.24, 2.45) is 0 Å². The molecule has 0 spiro atoms. The van der Waals surface area contributed by atoms with Gasteiger partial charge in [0, 0.05) is 37.9 Å². The molecule has 1 atom stereocenters. The lowest BCUT2D eigenvalue weighted by molar-refractivity contribution is -0.128. The fourth-order valence-corrected chi connectivity index (χ4v) is 3.33. The minimum Gasteiger partial charge on any atom is -0.348 e. The molecular weight excluding hydrogens is 300 g/mol. The zero-order valence-electron chi connectivity index (χ0n) is 13.4. The molecule has 1 aliphatic heterocycles. The molecule has 0 unspecified atom stereocenters. The molecule has 2 N–H and O–H groups in total. The SMILES string of the molecule is O=C1C[C@@H](NCc2ncc[nH]2)CN1Cc1cccc2ccccc12. The molecule has 1 aromatic heterocycles. The maximum atomic E-state index is 12.3. The number of carbonyl (C=O) groups excluding carboxylic acids is 1. The predicted octanol–water partition coefficient (Wildman–Crippen LogP) is 2.45. The fraction of sp³-hybridized carbons (Fsp3) is 0.263. The van der Waals surface area contributed by atoms with Crippen LogP contribution >= 0.6 is 0 Å². The van der Waals surface area contributed by atoms with Crippen LogP contribution in [-0.4, -0.2) is 33.4 Å². The van der Waals surface area contributed by atoms with Crippen LogP contribution in [0.15, 0.2) is 54.9 Å². The summed E-state index contributed by atoms with van der Waals surface area (Å²) >= 11 is 0. The van der Waals surface area contributed by atoms with E-state index in [2.05, 4.69) is 45.6 Å². The average Bonchev–Trinajstić information content (AvgIpc) is 3.24. The molecule has 0 saturated carbocycles. The Morgan fingerprint density at radius 1 is 1.21 bits per heavy atom. The van der Waals surface area contributed by atoms with Crippen LogP contribution in [0, 0.1) is 0 Å². The second kappa shape index (κ2) is 6.45. The topological polar surface area (TPSA) is 61.0 Å². The third-order valence-electron chi connectivity index (χ3n) is 4.57. The zero-order valence-corrected chi connectivity index (χ0v) is 13.4. The van der Waals surface area contributed by atoms with Crippen LogP contribution < -0.4 is 5.32 Å². The summed E-state index contributed by atoms with van der Waals surface area (Å²) < 4.78 is 0. The van der Waals surface area contributed by atoms with Gasteiger partial charge in [0.25, 0.3) is 0 Å². The second-order valence-corrected chi connectivity index (χ2v) is 6.23. The molecular formula is C19H20N4O. The van der Waals surface area contributed by atoms with Gasteiger partial charge in [-0.25, -0.2) is 4.98 Å². The quantitative estimate of drug-likeness (QED) is 0.759. The monoisotopic (exact) mass is 320 g/mol. The number of nitrogens with zero attached hydrogens (tertiary/aromatic N) is 2. The summed E-state index contributed by atoms with van der Waals surface area (Å²) in [6.45, 7) is 2.06. The van der Waals surface area contributed by atoms with E-state index in [9.17, 15) is 4.79 Å². The van der Waals surface area contributed by atoms with Gasteiger partial charge in [-0.15, -0.1) is 0 Å². The van der Waals surface area contributed by atoms with Crippen LogP contribution in [0.3, 0.4) is 0 Å². The Kier molecular flexibility index (Phi) is 4.01. The highest BCUT2D eigenvalue weighted by atomic mass is 16.2. The number of fused-ring (bicyclic) bond motifs is 1. The number of hydrogen-bond acceptors (Lipinski definition) is 3. The normalized spacial score (nSPS) is 17.8. The van der Waals surface area contributed by atoms with E-state index in [0.717, 1.165) is 12.4 Å². The Labute approximate surface area is 140 Å². The van der Waals surface area contributed by atoms with E-state index in [1.165, 1.54) is 16.3 Å². The van der Waals surface area contributed by atoms with Crippen LogP contribution in [0.1, 0.15) is 17.8 Å². The molecule has 0 radical (unpaired) electrons. The largest absolute Gasteiger partial charge is 0.348 e. The summed E-state index contributed by atoms with van der Waals surface area (Å²) in [5, 5.41) is 5.85. The summed E-state index contributed by atoms with van der Waals surface area (Å²) in [5.74, 6) is 1.11. The molecule has 122 valence electrons. The van der Waals surface area contributed by atoms with E-state index < -0.39 is 0 Å². The van der Waals surface area contributed by atoms with E-state index in [4.69, 9.17) is 0 Å². The van der Waals surface area contributed by atoms with Gasteiger partial charge in [0.15, 0.2) is 0 Å². The average molecular weight is 320 g/mol. The summed E-state index contributed by atoms with van der Waals surface area (Å²) in [6, 6.07) is 14.8. The summed E-state index contributed by atoms with van der Waals surface area (Å²) in [4.78, 5) is 21.6. The van der Waals surface area contributed by atoms with Crippen molar-refractivity contribution in [3.05, 3.63) is 66.2 Å². The van der Waals surface area contributed by atoms with Crippen molar-refractivity contribution in [2.45, 2.75) is 25.6 Å². The smallest absolute Gasteiger partial charge is 0.224 e. The van der Waals surface area contributed by atoms with E-state index in [1.54, 1.807) is 6.20 Å². The van der Waals surface area contributed by atoms with Crippen molar-refractivity contribution in [1.29, 1.82) is 0 Å². The minimum absolute atomic E-state index is 0.178. The highest BCUT2D eigenvalue weighted by Gasteiger charge is 2.29. The lowest BCUT2D eigenvalue weighted by Crippen LogP contribution is -2.32. The fourth-order valence-electron chi connectivity index (χ4n) is 3.33. The molecule has 5 heteroatoms. The number of nitrogens with one attached hydrogen (secondary N) is 2. The zero-order chi connectivity index (χ0) is 16.4. The molecule has 3 aromatic rings. The van der Waals surface area contributed by atoms with E-state index >= 15 is 0 Å². The molecule has 5 nitrogen and oxygen atoms in total. The van der Waals surface area contributed by atoms with Crippen LogP contribution in [-0.2, 0) is 17.9 Å². The van der Waals surface area contributed by atoms with Crippen LogP contribution in [0.25, 0.3) is 10.8 Å². The molecule has 1 saturated heterocycles. The van der Waals surface area contributed by atoms with Crippen molar-refractivity contribution in [1.82, 2.24) is 20.2 Å². The van der Waals surface area contributed by atoms with Gasteiger partial charge in [0.1, 0.15) is 5.82 Å². The number of rotatable bonds is 5. The standard InChI is InChI=1S/C19H20N4O/c24-19-10-16(22-11-18-20-8-9-21-18)13-23(19)12-15-6-3-5-14-4-1-2-7-17(14)15/h1-9,16,22H,10-13H2,(H,20,21)/t16-/m1/s1. The van der Waals surface area contributed by atoms with Crippen molar-refractivity contribution < 1.29 is 4.79 Å². The molecule has 2 heterocycles. The molecule has 1 fully saturated rings. The lowest BCUT2D eigenvalue weighted by Gasteiger charge is -2.18. The highest BCUT2D eigenvalue weighted by Crippen LogP contribution is 2.22. The number of hydrogen-bond donors (Lipinski definition) is 2. The number of aromatic amines is 1. The van der Waals surface area contributed by atoms with Gasteiger partial charge < -0.3 is 15.2 Å². The number of amides is 1. The van der Waals surface area contributed by atoms with Crippen LogP contribution in [0.5, 0.6) is 0 Å². The third-order valence-corrected chi connectivity index (χ3v) is 4.57. The van der Waals surface area contributed by atoms with E-state index in [1.807, 2.05) is 23.2 Å². The van der Waals surface area contributed by atoms with Crippen LogP contribution in [0.4, 0.5) is 0 Å². The van der Waals surface area contributed by atoms with Gasteiger partial charge in [-0.3, -0.25) is 4.79 Å². The summed E-state index contributed by atoms with van der Waals surface area (Å²) in [7, 11) is 0. The molecule has 2 aromatic carbocycles.